The average molecular weight is 241 g/mol. The highest BCUT2D eigenvalue weighted by molar-refractivity contribution is 4.67. The van der Waals surface area contributed by atoms with Crippen molar-refractivity contribution in [3.8, 4) is 0 Å². The highest BCUT2D eigenvalue weighted by Crippen LogP contribution is 2.19. The van der Waals surface area contributed by atoms with Crippen molar-refractivity contribution >= 4 is 0 Å². The predicted octanol–water partition coefficient (Wildman–Crippen LogP) is 2.35. The van der Waals surface area contributed by atoms with Crippen molar-refractivity contribution in [2.24, 2.45) is 5.92 Å². The van der Waals surface area contributed by atoms with Gasteiger partial charge in [-0.2, -0.15) is 0 Å². The summed E-state index contributed by atoms with van der Waals surface area (Å²) in [6.07, 6.45) is 9.83. The Kier molecular flexibility index (Phi) is 6.32. The summed E-state index contributed by atoms with van der Waals surface area (Å²) in [6.45, 7) is 4.85. The van der Waals surface area contributed by atoms with E-state index in [2.05, 4.69) is 5.32 Å². The maximum absolute atomic E-state index is 5.93. The molecular weight excluding hydrogens is 214 g/mol. The first-order valence-electron chi connectivity index (χ1n) is 7.35. The molecule has 0 amide bonds. The van der Waals surface area contributed by atoms with E-state index < -0.39 is 0 Å². The van der Waals surface area contributed by atoms with Crippen LogP contribution in [0.3, 0.4) is 0 Å². The summed E-state index contributed by atoms with van der Waals surface area (Å²) in [4.78, 5) is 0. The summed E-state index contributed by atoms with van der Waals surface area (Å²) in [5, 5.41) is 3.48. The van der Waals surface area contributed by atoms with Crippen LogP contribution in [0.1, 0.15) is 44.9 Å². The molecule has 0 bridgehead atoms. The molecule has 1 saturated carbocycles. The van der Waals surface area contributed by atoms with Gasteiger partial charge < -0.3 is 14.8 Å². The van der Waals surface area contributed by atoms with E-state index in [1.807, 2.05) is 0 Å². The second-order valence-electron chi connectivity index (χ2n) is 5.42. The third-order valence-corrected chi connectivity index (χ3v) is 3.89. The third-order valence-electron chi connectivity index (χ3n) is 3.89. The Balaban J connectivity index is 1.44. The molecule has 100 valence electrons. The van der Waals surface area contributed by atoms with E-state index in [0.29, 0.717) is 6.10 Å². The Labute approximate surface area is 105 Å². The van der Waals surface area contributed by atoms with Gasteiger partial charge in [0, 0.05) is 19.7 Å². The number of nitrogens with one attached hydrogen (secondary N) is 1. The standard InChI is InChI=1S/C14H27NO2/c1-2-4-6-14(5-3-1)17-10-8-15-11-13-7-9-16-12-13/h13-15H,1-12H2. The number of ether oxygens (including phenoxy) is 2. The van der Waals surface area contributed by atoms with E-state index >= 15 is 0 Å². The van der Waals surface area contributed by atoms with Crippen LogP contribution in [0.25, 0.3) is 0 Å². The Morgan fingerprint density at radius 1 is 1.06 bits per heavy atom. The minimum atomic E-state index is 0.536. The Hall–Kier alpha value is -0.120. The van der Waals surface area contributed by atoms with Crippen LogP contribution in [0, 0.1) is 5.92 Å². The molecule has 2 rings (SSSR count). The molecule has 1 aliphatic heterocycles. The number of rotatable bonds is 6. The van der Waals surface area contributed by atoms with Crippen LogP contribution in [0.4, 0.5) is 0 Å². The quantitative estimate of drug-likeness (QED) is 0.572. The number of hydrogen-bond acceptors (Lipinski definition) is 3. The maximum atomic E-state index is 5.93. The first-order chi connectivity index (χ1) is 8.45. The van der Waals surface area contributed by atoms with Gasteiger partial charge in [0.2, 0.25) is 0 Å². The minimum Gasteiger partial charge on any atom is -0.381 e. The van der Waals surface area contributed by atoms with Crippen molar-refractivity contribution in [2.45, 2.75) is 51.0 Å². The minimum absolute atomic E-state index is 0.536. The predicted molar refractivity (Wildman–Crippen MR) is 69.2 cm³/mol. The van der Waals surface area contributed by atoms with Crippen LogP contribution >= 0.6 is 0 Å². The fourth-order valence-electron chi connectivity index (χ4n) is 2.76. The largest absolute Gasteiger partial charge is 0.381 e. The van der Waals surface area contributed by atoms with Gasteiger partial charge >= 0.3 is 0 Å². The molecule has 0 aromatic rings. The van der Waals surface area contributed by atoms with E-state index in [4.69, 9.17) is 9.47 Å². The molecule has 0 radical (unpaired) electrons. The molecule has 1 N–H and O–H groups in total. The SMILES string of the molecule is C1CCCC(OCCNCC2CCOC2)CC1. The van der Waals surface area contributed by atoms with Crippen LogP contribution in [-0.4, -0.2) is 39.0 Å². The molecule has 1 atom stereocenters. The molecule has 1 saturated heterocycles. The molecule has 1 heterocycles. The Bertz CT molecular complexity index is 185. The summed E-state index contributed by atoms with van der Waals surface area (Å²) in [7, 11) is 0. The van der Waals surface area contributed by atoms with Gasteiger partial charge in [-0.3, -0.25) is 0 Å². The van der Waals surface area contributed by atoms with E-state index in [0.717, 1.165) is 38.8 Å². The fourth-order valence-corrected chi connectivity index (χ4v) is 2.76. The molecule has 1 unspecified atom stereocenters. The van der Waals surface area contributed by atoms with Crippen molar-refractivity contribution < 1.29 is 9.47 Å². The van der Waals surface area contributed by atoms with Crippen molar-refractivity contribution in [2.75, 3.05) is 32.9 Å². The molecular formula is C14H27NO2. The first-order valence-corrected chi connectivity index (χ1v) is 7.35. The van der Waals surface area contributed by atoms with Gasteiger partial charge in [0.05, 0.1) is 19.3 Å². The third kappa shape index (κ3) is 5.36. The average Bonchev–Trinajstić information content (AvgIpc) is 2.72. The van der Waals surface area contributed by atoms with Crippen LogP contribution in [0.2, 0.25) is 0 Å². The lowest BCUT2D eigenvalue weighted by Gasteiger charge is -2.16. The first kappa shape index (κ1) is 13.3. The molecule has 2 fully saturated rings. The lowest BCUT2D eigenvalue weighted by Crippen LogP contribution is -2.28. The van der Waals surface area contributed by atoms with Gasteiger partial charge in [-0.15, -0.1) is 0 Å². The van der Waals surface area contributed by atoms with Crippen LogP contribution < -0.4 is 5.32 Å². The molecule has 0 aromatic carbocycles. The topological polar surface area (TPSA) is 30.5 Å². The maximum Gasteiger partial charge on any atom is 0.0594 e. The number of hydrogen-bond donors (Lipinski definition) is 1. The van der Waals surface area contributed by atoms with Gasteiger partial charge in [0.25, 0.3) is 0 Å². The summed E-state index contributed by atoms with van der Waals surface area (Å²) in [5.74, 6) is 0.730. The zero-order valence-corrected chi connectivity index (χ0v) is 11.0. The highest BCUT2D eigenvalue weighted by atomic mass is 16.5. The fraction of sp³-hybridized carbons (Fsp3) is 1.00. The highest BCUT2D eigenvalue weighted by Gasteiger charge is 2.15. The molecule has 2 aliphatic rings. The van der Waals surface area contributed by atoms with Gasteiger partial charge in [-0.05, 0) is 25.2 Å². The molecule has 3 heteroatoms. The normalized spacial score (nSPS) is 27.2. The smallest absolute Gasteiger partial charge is 0.0594 e. The zero-order valence-electron chi connectivity index (χ0n) is 11.0. The molecule has 1 aliphatic carbocycles. The van der Waals surface area contributed by atoms with Gasteiger partial charge in [0.15, 0.2) is 0 Å². The van der Waals surface area contributed by atoms with E-state index in [1.165, 1.54) is 44.9 Å². The van der Waals surface area contributed by atoms with Gasteiger partial charge in [-0.1, -0.05) is 25.7 Å². The second-order valence-corrected chi connectivity index (χ2v) is 5.42. The van der Waals surface area contributed by atoms with E-state index in [9.17, 15) is 0 Å². The second kappa shape index (κ2) is 8.06. The molecule has 17 heavy (non-hydrogen) atoms. The molecule has 3 nitrogen and oxygen atoms in total. The van der Waals surface area contributed by atoms with Gasteiger partial charge in [-0.25, -0.2) is 0 Å². The van der Waals surface area contributed by atoms with E-state index in [1.54, 1.807) is 0 Å². The summed E-state index contributed by atoms with van der Waals surface area (Å²) < 4.78 is 11.3. The monoisotopic (exact) mass is 241 g/mol. The van der Waals surface area contributed by atoms with Crippen LogP contribution in [-0.2, 0) is 9.47 Å². The lowest BCUT2D eigenvalue weighted by atomic mass is 10.1. The zero-order chi connectivity index (χ0) is 11.8. The van der Waals surface area contributed by atoms with Gasteiger partial charge in [0.1, 0.15) is 0 Å². The summed E-state index contributed by atoms with van der Waals surface area (Å²) >= 11 is 0. The molecule has 0 spiro atoms. The van der Waals surface area contributed by atoms with Crippen LogP contribution in [0.15, 0.2) is 0 Å². The summed E-state index contributed by atoms with van der Waals surface area (Å²) in [6, 6.07) is 0. The van der Waals surface area contributed by atoms with Crippen molar-refractivity contribution in [3.63, 3.8) is 0 Å². The van der Waals surface area contributed by atoms with Crippen molar-refractivity contribution in [3.05, 3.63) is 0 Å². The lowest BCUT2D eigenvalue weighted by molar-refractivity contribution is 0.0448. The van der Waals surface area contributed by atoms with Crippen molar-refractivity contribution in [1.82, 2.24) is 5.32 Å². The summed E-state index contributed by atoms with van der Waals surface area (Å²) in [5.41, 5.74) is 0. The Morgan fingerprint density at radius 2 is 1.88 bits per heavy atom. The Morgan fingerprint density at radius 3 is 2.59 bits per heavy atom. The van der Waals surface area contributed by atoms with E-state index in [-0.39, 0.29) is 0 Å². The van der Waals surface area contributed by atoms with Crippen LogP contribution in [0.5, 0.6) is 0 Å². The van der Waals surface area contributed by atoms with Crippen molar-refractivity contribution in [1.29, 1.82) is 0 Å². The molecule has 0 aromatic heterocycles.